The van der Waals surface area contributed by atoms with Crippen molar-refractivity contribution in [1.82, 2.24) is 0 Å². The highest BCUT2D eigenvalue weighted by atomic mass is 16.3. The van der Waals surface area contributed by atoms with Gasteiger partial charge >= 0.3 is 0 Å². The second kappa shape index (κ2) is 5.44. The highest BCUT2D eigenvalue weighted by Gasteiger charge is 2.21. The summed E-state index contributed by atoms with van der Waals surface area (Å²) < 4.78 is 0. The minimum Gasteiger partial charge on any atom is -0.388 e. The predicted molar refractivity (Wildman–Crippen MR) is 74.6 cm³/mol. The normalized spacial score (nSPS) is 22.9. The summed E-state index contributed by atoms with van der Waals surface area (Å²) in [6.07, 6.45) is 10.2. The number of aliphatic hydroxyl groups excluding tert-OH is 1. The molecule has 0 amide bonds. The third kappa shape index (κ3) is 2.61. The molecule has 0 saturated heterocycles. The maximum atomic E-state index is 10.3. The van der Waals surface area contributed by atoms with E-state index < -0.39 is 0 Å². The molecule has 98 valence electrons. The lowest BCUT2D eigenvalue weighted by atomic mass is 9.80. The van der Waals surface area contributed by atoms with Crippen molar-refractivity contribution in [2.45, 2.75) is 63.4 Å². The molecule has 0 radical (unpaired) electrons. The van der Waals surface area contributed by atoms with Crippen LogP contribution in [0, 0.1) is 5.92 Å². The van der Waals surface area contributed by atoms with Crippen molar-refractivity contribution in [2.75, 3.05) is 0 Å². The molecule has 1 unspecified atom stereocenters. The molecule has 0 heterocycles. The topological polar surface area (TPSA) is 20.2 Å². The van der Waals surface area contributed by atoms with Crippen molar-refractivity contribution >= 4 is 0 Å². The fourth-order valence-corrected chi connectivity index (χ4v) is 3.43. The smallest absolute Gasteiger partial charge is 0.0792 e. The van der Waals surface area contributed by atoms with Crippen LogP contribution in [0.15, 0.2) is 24.3 Å². The Kier molecular flexibility index (Phi) is 3.69. The molecule has 1 heteroatoms. The van der Waals surface area contributed by atoms with Gasteiger partial charge in [-0.2, -0.15) is 0 Å². The van der Waals surface area contributed by atoms with Crippen LogP contribution in [0.4, 0.5) is 0 Å². The van der Waals surface area contributed by atoms with Crippen molar-refractivity contribution in [3.05, 3.63) is 35.4 Å². The van der Waals surface area contributed by atoms with Gasteiger partial charge in [-0.05, 0) is 42.2 Å². The summed E-state index contributed by atoms with van der Waals surface area (Å²) >= 11 is 0. The molecule has 18 heavy (non-hydrogen) atoms. The number of aliphatic hydroxyl groups is 1. The summed E-state index contributed by atoms with van der Waals surface area (Å²) in [6.45, 7) is 0. The predicted octanol–water partition coefficient (Wildman–Crippen LogP) is 4.57. The van der Waals surface area contributed by atoms with Crippen LogP contribution in [0.1, 0.15) is 74.5 Å². The standard InChI is InChI=1S/C17H24O/c18-17(12-13-4-1-2-5-13)16-10-8-15(9-11-16)14-6-3-7-14/h8-11,13-14,17-18H,1-7,12H2. The fourth-order valence-electron chi connectivity index (χ4n) is 3.43. The van der Waals surface area contributed by atoms with Gasteiger partial charge in [0.2, 0.25) is 0 Å². The van der Waals surface area contributed by atoms with Gasteiger partial charge in [0, 0.05) is 0 Å². The van der Waals surface area contributed by atoms with E-state index in [1.165, 1.54) is 50.5 Å². The summed E-state index contributed by atoms with van der Waals surface area (Å²) in [5, 5.41) is 10.3. The van der Waals surface area contributed by atoms with E-state index in [-0.39, 0.29) is 6.10 Å². The number of hydrogen-bond donors (Lipinski definition) is 1. The van der Waals surface area contributed by atoms with Crippen molar-refractivity contribution in [3.63, 3.8) is 0 Å². The molecule has 2 saturated carbocycles. The van der Waals surface area contributed by atoms with Gasteiger partial charge in [0.25, 0.3) is 0 Å². The van der Waals surface area contributed by atoms with E-state index in [2.05, 4.69) is 24.3 Å². The molecule has 1 aromatic carbocycles. The Balaban J connectivity index is 1.60. The Morgan fingerprint density at radius 3 is 2.17 bits per heavy atom. The molecule has 0 aliphatic heterocycles. The Hall–Kier alpha value is -0.820. The molecule has 0 bridgehead atoms. The zero-order chi connectivity index (χ0) is 12.4. The minimum atomic E-state index is -0.247. The van der Waals surface area contributed by atoms with Crippen LogP contribution in [0.25, 0.3) is 0 Å². The molecule has 1 N–H and O–H groups in total. The molecule has 1 atom stereocenters. The van der Waals surface area contributed by atoms with Gasteiger partial charge in [0.1, 0.15) is 0 Å². The molecule has 2 fully saturated rings. The number of rotatable bonds is 4. The first kappa shape index (κ1) is 12.2. The zero-order valence-electron chi connectivity index (χ0n) is 11.1. The van der Waals surface area contributed by atoms with Crippen molar-refractivity contribution < 1.29 is 5.11 Å². The lowest BCUT2D eigenvalue weighted by molar-refractivity contribution is 0.145. The second-order valence-electron chi connectivity index (χ2n) is 6.20. The lowest BCUT2D eigenvalue weighted by Crippen LogP contribution is -2.09. The first-order chi connectivity index (χ1) is 8.83. The first-order valence-corrected chi connectivity index (χ1v) is 7.61. The van der Waals surface area contributed by atoms with Crippen LogP contribution in [0.5, 0.6) is 0 Å². The Morgan fingerprint density at radius 1 is 0.944 bits per heavy atom. The summed E-state index contributed by atoms with van der Waals surface area (Å²) in [7, 11) is 0. The maximum Gasteiger partial charge on any atom is 0.0792 e. The molecule has 1 aromatic rings. The van der Waals surface area contributed by atoms with E-state index in [4.69, 9.17) is 0 Å². The summed E-state index contributed by atoms with van der Waals surface area (Å²) in [5.41, 5.74) is 2.59. The lowest BCUT2D eigenvalue weighted by Gasteiger charge is -2.26. The van der Waals surface area contributed by atoms with Crippen LogP contribution in [-0.2, 0) is 0 Å². The highest BCUT2D eigenvalue weighted by Crippen LogP contribution is 2.37. The number of benzene rings is 1. The maximum absolute atomic E-state index is 10.3. The van der Waals surface area contributed by atoms with Gasteiger partial charge < -0.3 is 5.11 Å². The average Bonchev–Trinajstić information content (AvgIpc) is 2.80. The van der Waals surface area contributed by atoms with Crippen LogP contribution < -0.4 is 0 Å². The minimum absolute atomic E-state index is 0.247. The second-order valence-corrected chi connectivity index (χ2v) is 6.20. The molecule has 3 rings (SSSR count). The fraction of sp³-hybridized carbons (Fsp3) is 0.647. The Bertz CT molecular complexity index is 371. The van der Waals surface area contributed by atoms with E-state index >= 15 is 0 Å². The van der Waals surface area contributed by atoms with Crippen molar-refractivity contribution in [1.29, 1.82) is 0 Å². The quantitative estimate of drug-likeness (QED) is 0.822. The third-order valence-corrected chi connectivity index (χ3v) is 4.93. The van der Waals surface area contributed by atoms with E-state index in [9.17, 15) is 5.11 Å². The van der Waals surface area contributed by atoms with Gasteiger partial charge in [-0.1, -0.05) is 56.4 Å². The molecule has 0 aromatic heterocycles. The van der Waals surface area contributed by atoms with Crippen molar-refractivity contribution in [2.24, 2.45) is 5.92 Å². The first-order valence-electron chi connectivity index (χ1n) is 7.61. The number of hydrogen-bond acceptors (Lipinski definition) is 1. The van der Waals surface area contributed by atoms with Gasteiger partial charge in [0.05, 0.1) is 6.10 Å². The Morgan fingerprint density at radius 2 is 1.61 bits per heavy atom. The third-order valence-electron chi connectivity index (χ3n) is 4.93. The van der Waals surface area contributed by atoms with E-state index in [1.807, 2.05) is 0 Å². The van der Waals surface area contributed by atoms with Gasteiger partial charge in [0.15, 0.2) is 0 Å². The molecule has 2 aliphatic carbocycles. The Labute approximate surface area is 110 Å². The molecular formula is C17H24O. The van der Waals surface area contributed by atoms with Gasteiger partial charge in [-0.3, -0.25) is 0 Å². The zero-order valence-corrected chi connectivity index (χ0v) is 11.1. The monoisotopic (exact) mass is 244 g/mol. The largest absolute Gasteiger partial charge is 0.388 e. The summed E-state index contributed by atoms with van der Waals surface area (Å²) in [5.74, 6) is 1.55. The van der Waals surface area contributed by atoms with E-state index in [0.717, 1.165) is 23.8 Å². The molecule has 2 aliphatic rings. The average molecular weight is 244 g/mol. The molecule has 0 spiro atoms. The SMILES string of the molecule is OC(CC1CCCC1)c1ccc(C2CCC2)cc1. The van der Waals surface area contributed by atoms with E-state index in [0.29, 0.717) is 0 Å². The van der Waals surface area contributed by atoms with Crippen molar-refractivity contribution in [3.8, 4) is 0 Å². The van der Waals surface area contributed by atoms with Crippen LogP contribution >= 0.6 is 0 Å². The summed E-state index contributed by atoms with van der Waals surface area (Å²) in [6, 6.07) is 8.76. The van der Waals surface area contributed by atoms with Gasteiger partial charge in [-0.15, -0.1) is 0 Å². The van der Waals surface area contributed by atoms with Crippen LogP contribution in [0.3, 0.4) is 0 Å². The highest BCUT2D eigenvalue weighted by molar-refractivity contribution is 5.27. The van der Waals surface area contributed by atoms with E-state index in [1.54, 1.807) is 0 Å². The van der Waals surface area contributed by atoms with Crippen LogP contribution in [-0.4, -0.2) is 5.11 Å². The molecule has 1 nitrogen and oxygen atoms in total. The van der Waals surface area contributed by atoms with Gasteiger partial charge in [-0.25, -0.2) is 0 Å². The molecular weight excluding hydrogens is 220 g/mol. The van der Waals surface area contributed by atoms with Crippen LogP contribution in [0.2, 0.25) is 0 Å². The summed E-state index contributed by atoms with van der Waals surface area (Å²) in [4.78, 5) is 0.